The van der Waals surface area contributed by atoms with E-state index in [1.165, 1.54) is 0 Å². The Morgan fingerprint density at radius 2 is 2.22 bits per heavy atom. The molecular weight excluding hydrogens is 345 g/mol. The third kappa shape index (κ3) is 1.94. The van der Waals surface area contributed by atoms with Crippen LogP contribution in [0.1, 0.15) is 11.7 Å². The number of fused-ring (bicyclic) bond motifs is 1. The zero-order chi connectivity index (χ0) is 12.7. The Morgan fingerprint density at radius 3 is 2.94 bits per heavy atom. The highest BCUT2D eigenvalue weighted by atomic mass is 127. The molecule has 2 heterocycles. The molecule has 3 aromatic rings. The lowest BCUT2D eigenvalue weighted by Gasteiger charge is -2.02. The normalized spacial score (nSPS) is 11.2. The maximum absolute atomic E-state index is 5.92. The van der Waals surface area contributed by atoms with Gasteiger partial charge in [0.15, 0.2) is 5.82 Å². The number of hydrogen-bond acceptors (Lipinski definition) is 5. The predicted octanol–water partition coefficient (Wildman–Crippen LogP) is 1.96. The Morgan fingerprint density at radius 1 is 1.39 bits per heavy atom. The summed E-state index contributed by atoms with van der Waals surface area (Å²) in [5, 5.41) is 3.76. The molecule has 2 aromatic heterocycles. The minimum atomic E-state index is 0.434. The van der Waals surface area contributed by atoms with Gasteiger partial charge in [0.05, 0.1) is 11.0 Å². The Labute approximate surface area is 116 Å². The van der Waals surface area contributed by atoms with E-state index in [2.05, 4.69) is 37.7 Å². The highest BCUT2D eigenvalue weighted by Crippen LogP contribution is 2.21. The molecule has 0 atom stereocenters. The minimum absolute atomic E-state index is 0.434. The zero-order valence-electron chi connectivity index (χ0n) is 9.59. The zero-order valence-corrected chi connectivity index (χ0v) is 11.7. The molecule has 0 aliphatic carbocycles. The topological polar surface area (TPSA) is 82.8 Å². The fraction of sp³-hybridized carbons (Fsp3) is 0.182. The second kappa shape index (κ2) is 4.23. The summed E-state index contributed by atoms with van der Waals surface area (Å²) in [4.78, 5) is 8.49. The summed E-state index contributed by atoms with van der Waals surface area (Å²) >= 11 is 2.24. The second-order valence-corrected chi connectivity index (χ2v) is 5.17. The van der Waals surface area contributed by atoms with E-state index in [0.29, 0.717) is 24.2 Å². The summed E-state index contributed by atoms with van der Waals surface area (Å²) in [6.07, 6.45) is 0. The standard InChI is InChI=1S/C11H10IN5O/c1-6-14-10(18-16-6)5-17-9-3-2-7(12)4-8(9)15-11(17)13/h2-4H,5H2,1H3,(H2,13,15). The Hall–Kier alpha value is -1.64. The largest absolute Gasteiger partial charge is 0.369 e. The van der Waals surface area contributed by atoms with Crippen LogP contribution in [0.3, 0.4) is 0 Å². The van der Waals surface area contributed by atoms with Crippen molar-refractivity contribution < 1.29 is 4.52 Å². The number of aromatic nitrogens is 4. The van der Waals surface area contributed by atoms with E-state index in [0.717, 1.165) is 14.6 Å². The first-order valence-electron chi connectivity index (χ1n) is 5.34. The number of benzene rings is 1. The van der Waals surface area contributed by atoms with E-state index in [4.69, 9.17) is 10.3 Å². The minimum Gasteiger partial charge on any atom is -0.369 e. The van der Waals surface area contributed by atoms with Crippen LogP contribution in [0.2, 0.25) is 0 Å². The fourth-order valence-electron chi connectivity index (χ4n) is 1.83. The molecule has 0 unspecified atom stereocenters. The van der Waals surface area contributed by atoms with Gasteiger partial charge in [0.25, 0.3) is 0 Å². The van der Waals surface area contributed by atoms with Crippen LogP contribution in [0, 0.1) is 10.5 Å². The molecule has 18 heavy (non-hydrogen) atoms. The molecule has 0 aliphatic heterocycles. The van der Waals surface area contributed by atoms with Gasteiger partial charge < -0.3 is 14.8 Å². The van der Waals surface area contributed by atoms with Gasteiger partial charge in [-0.3, -0.25) is 0 Å². The quantitative estimate of drug-likeness (QED) is 0.711. The number of nitrogen functional groups attached to an aromatic ring is 1. The van der Waals surface area contributed by atoms with Gasteiger partial charge in [-0.15, -0.1) is 0 Å². The number of anilines is 1. The van der Waals surface area contributed by atoms with Gasteiger partial charge in [-0.2, -0.15) is 4.98 Å². The number of rotatable bonds is 2. The van der Waals surface area contributed by atoms with E-state index in [1.54, 1.807) is 6.92 Å². The van der Waals surface area contributed by atoms with E-state index in [-0.39, 0.29) is 0 Å². The molecular formula is C11H10IN5O. The van der Waals surface area contributed by atoms with Crippen LogP contribution in [0.15, 0.2) is 22.7 Å². The van der Waals surface area contributed by atoms with Gasteiger partial charge in [-0.25, -0.2) is 4.98 Å². The molecule has 2 N–H and O–H groups in total. The molecule has 1 aromatic carbocycles. The van der Waals surface area contributed by atoms with Crippen LogP contribution in [0.5, 0.6) is 0 Å². The van der Waals surface area contributed by atoms with Crippen molar-refractivity contribution in [3.8, 4) is 0 Å². The van der Waals surface area contributed by atoms with Crippen molar-refractivity contribution >= 4 is 39.6 Å². The van der Waals surface area contributed by atoms with Crippen LogP contribution in [0.25, 0.3) is 11.0 Å². The van der Waals surface area contributed by atoms with Crippen LogP contribution in [0.4, 0.5) is 5.95 Å². The summed E-state index contributed by atoms with van der Waals surface area (Å²) in [5.74, 6) is 1.59. The summed E-state index contributed by atoms with van der Waals surface area (Å²) in [7, 11) is 0. The van der Waals surface area contributed by atoms with Gasteiger partial charge in [0.1, 0.15) is 6.54 Å². The number of hydrogen-bond donors (Lipinski definition) is 1. The lowest BCUT2D eigenvalue weighted by atomic mass is 10.3. The molecule has 0 saturated heterocycles. The van der Waals surface area contributed by atoms with Crippen molar-refractivity contribution in [3.63, 3.8) is 0 Å². The number of imidazole rings is 1. The number of halogens is 1. The maximum Gasteiger partial charge on any atom is 0.246 e. The van der Waals surface area contributed by atoms with Crippen LogP contribution < -0.4 is 5.73 Å². The van der Waals surface area contributed by atoms with Gasteiger partial charge in [0.2, 0.25) is 11.8 Å². The second-order valence-electron chi connectivity index (χ2n) is 3.92. The molecule has 0 saturated carbocycles. The average Bonchev–Trinajstić information content (AvgIpc) is 2.84. The van der Waals surface area contributed by atoms with E-state index >= 15 is 0 Å². The lowest BCUT2D eigenvalue weighted by molar-refractivity contribution is 0.369. The van der Waals surface area contributed by atoms with Gasteiger partial charge >= 0.3 is 0 Å². The maximum atomic E-state index is 5.92. The molecule has 92 valence electrons. The van der Waals surface area contributed by atoms with Gasteiger partial charge in [-0.1, -0.05) is 5.16 Å². The number of nitrogens with zero attached hydrogens (tertiary/aromatic N) is 4. The third-order valence-corrected chi connectivity index (χ3v) is 3.27. The van der Waals surface area contributed by atoms with E-state index < -0.39 is 0 Å². The van der Waals surface area contributed by atoms with Gasteiger partial charge in [-0.05, 0) is 47.7 Å². The van der Waals surface area contributed by atoms with Crippen molar-refractivity contribution in [3.05, 3.63) is 33.5 Å². The van der Waals surface area contributed by atoms with Crippen LogP contribution in [-0.2, 0) is 6.54 Å². The van der Waals surface area contributed by atoms with E-state index in [1.807, 2.05) is 22.8 Å². The van der Waals surface area contributed by atoms with Crippen LogP contribution >= 0.6 is 22.6 Å². The Balaban J connectivity index is 2.08. The first-order chi connectivity index (χ1) is 8.63. The predicted molar refractivity (Wildman–Crippen MR) is 75.0 cm³/mol. The smallest absolute Gasteiger partial charge is 0.246 e. The third-order valence-electron chi connectivity index (χ3n) is 2.60. The SMILES string of the molecule is Cc1noc(Cn2c(N)nc3cc(I)ccc32)n1. The summed E-state index contributed by atoms with van der Waals surface area (Å²) in [5.41, 5.74) is 7.75. The molecule has 0 bridgehead atoms. The van der Waals surface area contributed by atoms with Crippen molar-refractivity contribution in [2.75, 3.05) is 5.73 Å². The average molecular weight is 355 g/mol. The van der Waals surface area contributed by atoms with E-state index in [9.17, 15) is 0 Å². The summed E-state index contributed by atoms with van der Waals surface area (Å²) in [6, 6.07) is 5.99. The van der Waals surface area contributed by atoms with Crippen molar-refractivity contribution in [1.29, 1.82) is 0 Å². The molecule has 7 heteroatoms. The molecule has 0 spiro atoms. The molecule has 0 aliphatic rings. The monoisotopic (exact) mass is 355 g/mol. The number of nitrogens with two attached hydrogens (primary N) is 1. The molecule has 6 nitrogen and oxygen atoms in total. The summed E-state index contributed by atoms with van der Waals surface area (Å²) < 4.78 is 8.08. The fourth-order valence-corrected chi connectivity index (χ4v) is 2.30. The van der Waals surface area contributed by atoms with Crippen molar-refractivity contribution in [2.24, 2.45) is 0 Å². The molecule has 3 rings (SSSR count). The molecule has 0 radical (unpaired) electrons. The summed E-state index contributed by atoms with van der Waals surface area (Å²) in [6.45, 7) is 2.22. The highest BCUT2D eigenvalue weighted by Gasteiger charge is 2.11. The molecule has 0 amide bonds. The first kappa shape index (κ1) is 11.5. The van der Waals surface area contributed by atoms with Gasteiger partial charge in [0, 0.05) is 3.57 Å². The highest BCUT2D eigenvalue weighted by molar-refractivity contribution is 14.1. The first-order valence-corrected chi connectivity index (χ1v) is 6.42. The van der Waals surface area contributed by atoms with Crippen LogP contribution in [-0.4, -0.2) is 19.7 Å². The van der Waals surface area contributed by atoms with Crippen molar-refractivity contribution in [2.45, 2.75) is 13.5 Å². The van der Waals surface area contributed by atoms with Crippen molar-refractivity contribution in [1.82, 2.24) is 19.7 Å². The Kier molecular flexibility index (Phi) is 2.69. The Bertz CT molecular complexity index is 717. The lowest BCUT2D eigenvalue weighted by Crippen LogP contribution is -2.04. The molecule has 0 fully saturated rings. The number of aryl methyl sites for hydroxylation is 1.